The molecular weight excluding hydrogens is 190 g/mol. The number of hydrogen-bond acceptors (Lipinski definition) is 0. The van der Waals surface area contributed by atoms with E-state index in [2.05, 4.69) is 23.5 Å². The van der Waals surface area contributed by atoms with Gasteiger partial charge in [-0.05, 0) is 0 Å². The molecule has 1 atom stereocenters. The molecule has 0 spiro atoms. The van der Waals surface area contributed by atoms with E-state index < -0.39 is 0 Å². The van der Waals surface area contributed by atoms with Gasteiger partial charge in [-0.25, -0.2) is 0 Å². The summed E-state index contributed by atoms with van der Waals surface area (Å²) in [5.74, 6) is 0. The molecule has 0 amide bonds. The SMILES string of the molecule is [CaH2].[KH].[MgH2].[PH2][Fe]. The van der Waals surface area contributed by atoms with Gasteiger partial charge in [0.1, 0.15) is 0 Å². The number of rotatable bonds is 0. The van der Waals surface area contributed by atoms with Crippen molar-refractivity contribution < 1.29 is 15.6 Å². The van der Waals surface area contributed by atoms with Crippen LogP contribution in [-0.2, 0) is 15.6 Å². The molecule has 0 saturated heterocycles. The topological polar surface area (TPSA) is 0 Å². The third-order valence-corrected chi connectivity index (χ3v) is 0. The molecule has 0 nitrogen and oxygen atoms in total. The Morgan fingerprint density at radius 3 is 1.20 bits per heavy atom. The third kappa shape index (κ3) is 17.7. The van der Waals surface area contributed by atoms with Gasteiger partial charge < -0.3 is 0 Å². The molecule has 0 aliphatic rings. The van der Waals surface area contributed by atoms with Crippen LogP contribution in [0, 0.1) is 0 Å². The summed E-state index contributed by atoms with van der Waals surface area (Å²) in [6.45, 7) is 0. The van der Waals surface area contributed by atoms with Gasteiger partial charge in [-0.3, -0.25) is 0 Å². The van der Waals surface area contributed by atoms with E-state index in [0.717, 1.165) is 0 Å². The summed E-state index contributed by atoms with van der Waals surface area (Å²) in [7, 11) is 2.17. The molecule has 1 unspecified atom stereocenters. The molecule has 0 radical (unpaired) electrons. The summed E-state index contributed by atoms with van der Waals surface area (Å²) >= 11 is 3.17. The fraction of sp³-hybridized carbons (Fsp3) is 0. The maximum absolute atomic E-state index is 3.17. The Labute approximate surface area is 132 Å². The van der Waals surface area contributed by atoms with Crippen molar-refractivity contribution in [1.82, 2.24) is 0 Å². The molecular formula is H7CaFeKMgP. The van der Waals surface area contributed by atoms with Gasteiger partial charge in [-0.2, -0.15) is 0 Å². The van der Waals surface area contributed by atoms with Crippen LogP contribution in [0.15, 0.2) is 0 Å². The second-order valence-corrected chi connectivity index (χ2v) is 0. The van der Waals surface area contributed by atoms with Gasteiger partial charge in [-0.1, -0.05) is 0 Å². The van der Waals surface area contributed by atoms with Gasteiger partial charge in [0, 0.05) is 0 Å². The van der Waals surface area contributed by atoms with Crippen molar-refractivity contribution in [2.24, 2.45) is 0 Å². The van der Waals surface area contributed by atoms with E-state index in [1.54, 1.807) is 0 Å². The minimum absolute atomic E-state index is 0. The van der Waals surface area contributed by atoms with Gasteiger partial charge in [0.15, 0.2) is 0 Å². The summed E-state index contributed by atoms with van der Waals surface area (Å²) in [6, 6.07) is 0. The first kappa shape index (κ1) is 22.6. The fourth-order valence-corrected chi connectivity index (χ4v) is 0. The summed E-state index contributed by atoms with van der Waals surface area (Å²) in [4.78, 5) is 0. The van der Waals surface area contributed by atoms with Gasteiger partial charge in [0.2, 0.25) is 0 Å². The van der Waals surface area contributed by atoms with Crippen LogP contribution in [0.5, 0.6) is 0 Å². The zero-order chi connectivity index (χ0) is 2.00. The van der Waals surface area contributed by atoms with Crippen molar-refractivity contribution in [3.05, 3.63) is 0 Å². The van der Waals surface area contributed by atoms with Crippen LogP contribution in [0.25, 0.3) is 0 Å². The molecule has 0 rings (SSSR count). The average molecular weight is 197 g/mol. The first-order valence-corrected chi connectivity index (χ1v) is 2.52. The molecule has 25 valence electrons. The van der Waals surface area contributed by atoms with Crippen LogP contribution < -0.4 is 0 Å². The van der Waals surface area contributed by atoms with E-state index in [1.165, 1.54) is 0 Å². The van der Waals surface area contributed by atoms with E-state index in [0.29, 0.717) is 0 Å². The van der Waals surface area contributed by atoms with Crippen LogP contribution in [0.3, 0.4) is 0 Å². The van der Waals surface area contributed by atoms with Crippen LogP contribution in [-0.4, -0.2) is 112 Å². The van der Waals surface area contributed by atoms with E-state index in [9.17, 15) is 0 Å². The molecule has 0 saturated carbocycles. The predicted octanol–water partition coefficient (Wildman–Crippen LogP) is -2.16. The molecule has 0 N–H and O–H groups in total. The van der Waals surface area contributed by atoms with E-state index in [1.807, 2.05) is 0 Å². The second kappa shape index (κ2) is 23.5. The Balaban J connectivity index is -0.00000000167. The molecule has 5 heavy (non-hydrogen) atoms. The van der Waals surface area contributed by atoms with Gasteiger partial charge in [0.25, 0.3) is 0 Å². The Kier molecular flexibility index (Phi) is 106. The van der Waals surface area contributed by atoms with Crippen molar-refractivity contribution in [2.45, 2.75) is 0 Å². The van der Waals surface area contributed by atoms with Crippen LogP contribution >= 0.6 is 7.93 Å². The zero-order valence-corrected chi connectivity index (χ0v) is 3.19. The predicted molar refractivity (Wildman–Crippen MR) is 33.9 cm³/mol. The Morgan fingerprint density at radius 1 is 1.20 bits per heavy atom. The average Bonchev–Trinajstić information content (AvgIpc) is 1.00. The van der Waals surface area contributed by atoms with E-state index >= 15 is 0 Å². The molecule has 0 aliphatic carbocycles. The van der Waals surface area contributed by atoms with Crippen molar-refractivity contribution >= 4 is 120 Å². The van der Waals surface area contributed by atoms with E-state index in [4.69, 9.17) is 0 Å². The van der Waals surface area contributed by atoms with Gasteiger partial charge in [0.05, 0.1) is 0 Å². The maximum atomic E-state index is 3.17. The first-order valence-electron chi connectivity index (χ1n) is 0.204. The third-order valence-electron chi connectivity index (χ3n) is 0. The second-order valence-electron chi connectivity index (χ2n) is 0. The zero-order valence-electron chi connectivity index (χ0n) is 0.931. The summed E-state index contributed by atoms with van der Waals surface area (Å²) in [5, 5.41) is 0. The molecule has 0 aromatic carbocycles. The molecule has 0 bridgehead atoms. The molecule has 0 aromatic heterocycles. The van der Waals surface area contributed by atoms with Crippen LogP contribution in [0.2, 0.25) is 0 Å². The summed E-state index contributed by atoms with van der Waals surface area (Å²) in [6.07, 6.45) is 0. The molecule has 0 fully saturated rings. The number of hydrogen-bond donors (Lipinski definition) is 0. The van der Waals surface area contributed by atoms with E-state index in [-0.39, 0.29) is 112 Å². The van der Waals surface area contributed by atoms with Gasteiger partial charge >= 0.3 is 136 Å². The molecule has 0 heterocycles. The van der Waals surface area contributed by atoms with Gasteiger partial charge in [-0.15, -0.1) is 0 Å². The first-order chi connectivity index (χ1) is 1.00. The molecule has 0 aliphatic heterocycles. The summed E-state index contributed by atoms with van der Waals surface area (Å²) < 4.78 is 0. The molecule has 0 aromatic rings. The van der Waals surface area contributed by atoms with Crippen molar-refractivity contribution in [1.29, 1.82) is 0 Å². The summed E-state index contributed by atoms with van der Waals surface area (Å²) in [5.41, 5.74) is 0. The van der Waals surface area contributed by atoms with Crippen LogP contribution in [0.1, 0.15) is 0 Å². The van der Waals surface area contributed by atoms with Crippen molar-refractivity contribution in [3.63, 3.8) is 0 Å². The van der Waals surface area contributed by atoms with Crippen LogP contribution in [0.4, 0.5) is 0 Å². The molecule has 5 heteroatoms. The Hall–Kier alpha value is 4.61. The van der Waals surface area contributed by atoms with Crippen molar-refractivity contribution in [2.75, 3.05) is 0 Å². The standard InChI is InChI=1S/Ca.Fe.K.Mg.H2P.5H/h;;;;1H2;;;;;/q;+1;;;-1;;;;;. The quantitative estimate of drug-likeness (QED) is 0.307. The normalized spacial score (nSPS) is 1.20. The Morgan fingerprint density at radius 2 is 1.20 bits per heavy atom. The monoisotopic (exact) mass is 197 g/mol. The van der Waals surface area contributed by atoms with Crippen molar-refractivity contribution in [3.8, 4) is 0 Å². The minimum atomic E-state index is 0. The Bertz CT molecular complexity index is 11.6. The fourth-order valence-electron chi connectivity index (χ4n) is 0.